The van der Waals surface area contributed by atoms with Gasteiger partial charge in [-0.05, 0) is 94.8 Å². The molecule has 3 fully saturated rings. The van der Waals surface area contributed by atoms with Crippen LogP contribution in [-0.2, 0) is 38.1 Å². The Bertz CT molecular complexity index is 1260. The zero-order valence-electron chi connectivity index (χ0n) is 35.4. The Hall–Kier alpha value is -1.77. The van der Waals surface area contributed by atoms with Gasteiger partial charge in [0.05, 0.1) is 41.5 Å². The second kappa shape index (κ2) is 18.9. The van der Waals surface area contributed by atoms with Crippen LogP contribution in [0.4, 0.5) is 0 Å². The van der Waals surface area contributed by atoms with Crippen molar-refractivity contribution in [3.8, 4) is 0 Å². The van der Waals surface area contributed by atoms with Crippen molar-refractivity contribution < 1.29 is 63.6 Å². The van der Waals surface area contributed by atoms with E-state index in [1.165, 1.54) is 14.0 Å². The summed E-state index contributed by atoms with van der Waals surface area (Å²) in [6.07, 6.45) is -9.40. The standard InChI is InChI=1S/C38H71N3O14/c1-15-27-38(10,46)31(43)24(6)40(13)19-20(2)17-36(8,45)32(54-35-29(42)26(39(11)12)16-21(3)50-35)22(4)30(23(5)34(44)52-27)53-28-18-37(9,49-14)33(25(7)51-28)55-41(47)48/h20-33,35,42-43,45-46H,15-19H2,1-14H3/t20-,21-,22+,23-,24-,25+,26?,27-,28+,29-,30+,31-,32-,33+,35+,36-,37-,38-/m1/s1. The van der Waals surface area contributed by atoms with Crippen LogP contribution in [0.3, 0.4) is 0 Å². The molecule has 0 radical (unpaired) electrons. The lowest BCUT2D eigenvalue weighted by molar-refractivity contribution is -0.776. The molecule has 4 N–H and O–H groups in total. The summed E-state index contributed by atoms with van der Waals surface area (Å²) in [4.78, 5) is 34.5. The first kappa shape index (κ1) is 47.6. The Labute approximate surface area is 326 Å². The molecule has 3 heterocycles. The van der Waals surface area contributed by atoms with E-state index >= 15 is 0 Å². The Morgan fingerprint density at radius 1 is 1.00 bits per heavy atom. The SMILES string of the molecule is CC[C@H]1OC(=O)[C@H](C)[C@@H](O[C@H]2C[C@@](C)(OC)[C@@H](O[N+](=O)[O-])[C@H](C)O2)[C@H](C)[C@@H](O[C@@H]2O[C@H](C)CC(N(C)C)[C@H]2O)[C@](C)(O)C[C@@H](C)CN(C)[C@H](C)[C@@H](O)[C@]1(C)O. The number of carbonyl (C=O) groups excluding carboxylic acids is 1. The molecule has 3 saturated heterocycles. The van der Waals surface area contributed by atoms with Gasteiger partial charge in [0.15, 0.2) is 18.7 Å². The molecule has 17 heteroatoms. The zero-order valence-corrected chi connectivity index (χ0v) is 35.4. The van der Waals surface area contributed by atoms with Crippen molar-refractivity contribution in [1.82, 2.24) is 9.80 Å². The van der Waals surface area contributed by atoms with Gasteiger partial charge in [-0.15, -0.1) is 10.1 Å². The molecule has 55 heavy (non-hydrogen) atoms. The minimum Gasteiger partial charge on any atom is -0.459 e. The molecule has 1 unspecified atom stereocenters. The average molecular weight is 794 g/mol. The highest BCUT2D eigenvalue weighted by atomic mass is 17.0. The molecule has 0 aliphatic carbocycles. The number of ether oxygens (including phenoxy) is 6. The molecule has 0 aromatic heterocycles. The number of hydrogen-bond donors (Lipinski definition) is 4. The van der Waals surface area contributed by atoms with Gasteiger partial charge in [-0.2, -0.15) is 0 Å². The number of cyclic esters (lactones) is 1. The molecular formula is C38H71N3O14. The van der Waals surface area contributed by atoms with E-state index in [4.69, 9.17) is 33.3 Å². The van der Waals surface area contributed by atoms with E-state index in [-0.39, 0.29) is 37.3 Å². The summed E-state index contributed by atoms with van der Waals surface area (Å²) in [5.74, 6) is -2.85. The second-order valence-corrected chi connectivity index (χ2v) is 17.5. The third-order valence-corrected chi connectivity index (χ3v) is 12.4. The lowest BCUT2D eigenvalue weighted by atomic mass is 9.77. The minimum absolute atomic E-state index is 0.0362. The Morgan fingerprint density at radius 2 is 1.62 bits per heavy atom. The molecule has 0 amide bonds. The smallest absolute Gasteiger partial charge is 0.311 e. The number of aliphatic hydroxyl groups is 4. The van der Waals surface area contributed by atoms with Gasteiger partial charge in [-0.1, -0.05) is 20.8 Å². The van der Waals surface area contributed by atoms with Crippen LogP contribution in [0.1, 0.15) is 94.9 Å². The van der Waals surface area contributed by atoms with Crippen molar-refractivity contribution in [3.63, 3.8) is 0 Å². The maximum Gasteiger partial charge on any atom is 0.311 e. The zero-order chi connectivity index (χ0) is 42.0. The number of aliphatic hydroxyl groups excluding tert-OH is 2. The van der Waals surface area contributed by atoms with Gasteiger partial charge in [-0.25, -0.2) is 0 Å². The molecule has 0 aromatic carbocycles. The van der Waals surface area contributed by atoms with Crippen LogP contribution in [0.15, 0.2) is 0 Å². The van der Waals surface area contributed by atoms with Crippen molar-refractivity contribution >= 4 is 5.97 Å². The van der Waals surface area contributed by atoms with Gasteiger partial charge >= 0.3 is 5.97 Å². The van der Waals surface area contributed by atoms with Crippen LogP contribution in [0.2, 0.25) is 0 Å². The Morgan fingerprint density at radius 3 is 2.16 bits per heavy atom. The summed E-state index contributed by atoms with van der Waals surface area (Å²) in [7, 11) is 6.94. The highest BCUT2D eigenvalue weighted by Gasteiger charge is 2.53. The molecule has 3 aliphatic heterocycles. The maximum atomic E-state index is 14.3. The number of rotatable bonds is 9. The summed E-state index contributed by atoms with van der Waals surface area (Å²) < 4.78 is 37.5. The van der Waals surface area contributed by atoms with E-state index in [9.17, 15) is 35.3 Å². The number of nitrogens with zero attached hydrogens (tertiary/aromatic N) is 3. The molecule has 0 bridgehead atoms. The van der Waals surface area contributed by atoms with E-state index < -0.39 is 101 Å². The summed E-state index contributed by atoms with van der Waals surface area (Å²) in [6.45, 7) is 17.5. The van der Waals surface area contributed by atoms with E-state index in [1.807, 2.05) is 44.8 Å². The van der Waals surface area contributed by atoms with E-state index in [1.54, 1.807) is 48.5 Å². The molecule has 0 saturated carbocycles. The molecule has 0 spiro atoms. The summed E-state index contributed by atoms with van der Waals surface area (Å²) in [5.41, 5.74) is -4.71. The molecule has 17 nitrogen and oxygen atoms in total. The van der Waals surface area contributed by atoms with Gasteiger partial charge in [0.25, 0.3) is 5.09 Å². The maximum absolute atomic E-state index is 14.3. The molecular weight excluding hydrogens is 722 g/mol. The average Bonchev–Trinajstić information content (AvgIpc) is 3.08. The van der Waals surface area contributed by atoms with Crippen LogP contribution < -0.4 is 0 Å². The largest absolute Gasteiger partial charge is 0.459 e. The number of methoxy groups -OCH3 is 1. The van der Waals surface area contributed by atoms with Crippen LogP contribution in [0.5, 0.6) is 0 Å². The van der Waals surface area contributed by atoms with Gasteiger partial charge in [0, 0.05) is 38.1 Å². The third-order valence-electron chi connectivity index (χ3n) is 12.4. The molecule has 0 aromatic rings. The van der Waals surface area contributed by atoms with Crippen LogP contribution in [0.25, 0.3) is 0 Å². The van der Waals surface area contributed by atoms with Crippen molar-refractivity contribution in [1.29, 1.82) is 0 Å². The molecule has 3 rings (SSSR count). The predicted molar refractivity (Wildman–Crippen MR) is 200 cm³/mol. The van der Waals surface area contributed by atoms with Gasteiger partial charge < -0.3 is 63.5 Å². The Balaban J connectivity index is 2.18. The van der Waals surface area contributed by atoms with Gasteiger partial charge in [0.1, 0.15) is 23.9 Å². The van der Waals surface area contributed by atoms with Crippen molar-refractivity contribution in [3.05, 3.63) is 10.1 Å². The van der Waals surface area contributed by atoms with Crippen molar-refractivity contribution in [2.45, 2.75) is 185 Å². The van der Waals surface area contributed by atoms with Gasteiger partial charge in [0.2, 0.25) is 0 Å². The summed E-state index contributed by atoms with van der Waals surface area (Å²) >= 11 is 0. The van der Waals surface area contributed by atoms with E-state index in [2.05, 4.69) is 0 Å². The highest BCUT2D eigenvalue weighted by Crippen LogP contribution is 2.40. The fourth-order valence-corrected chi connectivity index (χ4v) is 9.01. The van der Waals surface area contributed by atoms with E-state index in [0.717, 1.165) is 0 Å². The second-order valence-electron chi connectivity index (χ2n) is 17.5. The predicted octanol–water partition coefficient (Wildman–Crippen LogP) is 2.12. The third kappa shape index (κ3) is 11.0. The first-order valence-electron chi connectivity index (χ1n) is 19.7. The monoisotopic (exact) mass is 793 g/mol. The van der Waals surface area contributed by atoms with Crippen molar-refractivity contribution in [2.24, 2.45) is 17.8 Å². The molecule has 18 atom stereocenters. The first-order valence-corrected chi connectivity index (χ1v) is 19.7. The quantitative estimate of drug-likeness (QED) is 0.150. The fourth-order valence-electron chi connectivity index (χ4n) is 9.01. The van der Waals surface area contributed by atoms with Crippen LogP contribution in [0, 0.1) is 27.9 Å². The number of hydrogen-bond acceptors (Lipinski definition) is 16. The van der Waals surface area contributed by atoms with E-state index in [0.29, 0.717) is 13.0 Å². The number of carbonyl (C=O) groups is 1. The van der Waals surface area contributed by atoms with Gasteiger partial charge in [-0.3, -0.25) is 4.79 Å². The number of likely N-dealkylation sites (N-methyl/N-ethyl adjacent to an activating group) is 2. The van der Waals surface area contributed by atoms with Crippen LogP contribution in [-0.4, -0.2) is 166 Å². The summed E-state index contributed by atoms with van der Waals surface area (Å²) in [6, 6.07) is -0.881. The Kier molecular flexibility index (Phi) is 16.3. The fraction of sp³-hybridized carbons (Fsp3) is 0.974. The lowest BCUT2D eigenvalue weighted by Crippen LogP contribution is -2.61. The minimum atomic E-state index is -1.84. The highest BCUT2D eigenvalue weighted by molar-refractivity contribution is 5.73. The first-order chi connectivity index (χ1) is 25.3. The lowest BCUT2D eigenvalue weighted by Gasteiger charge is -2.49. The number of esters is 1. The summed E-state index contributed by atoms with van der Waals surface area (Å²) in [5, 5.41) is 57.8. The topological polar surface area (TPSA) is 212 Å². The van der Waals surface area contributed by atoms with Crippen LogP contribution >= 0.6 is 0 Å². The molecule has 322 valence electrons. The molecule has 3 aliphatic rings. The van der Waals surface area contributed by atoms with Crippen molar-refractivity contribution in [2.75, 3.05) is 34.8 Å². The normalized spacial score (nSPS) is 47.4.